The Morgan fingerprint density at radius 2 is 1.90 bits per heavy atom. The number of carbonyl (C=O) groups excluding carboxylic acids is 2. The zero-order valence-corrected chi connectivity index (χ0v) is 11.4. The van der Waals surface area contributed by atoms with E-state index >= 15 is 0 Å². The molecular weight excluding hydrogens is 263 g/mol. The third kappa shape index (κ3) is 3.42. The molecule has 0 bridgehead atoms. The first-order valence-electron chi connectivity index (χ1n) is 6.71. The van der Waals surface area contributed by atoms with Crippen molar-refractivity contribution in [2.75, 3.05) is 19.8 Å². The Hall–Kier alpha value is -1.75. The lowest BCUT2D eigenvalue weighted by Crippen LogP contribution is -2.24. The van der Waals surface area contributed by atoms with Crippen molar-refractivity contribution in [3.05, 3.63) is 35.1 Å². The van der Waals surface area contributed by atoms with E-state index in [1.54, 1.807) is 6.92 Å². The Bertz CT molecular complexity index is 507. The smallest absolute Gasteiger partial charge is 0.338 e. The van der Waals surface area contributed by atoms with Gasteiger partial charge in [0.25, 0.3) is 0 Å². The van der Waals surface area contributed by atoms with Crippen LogP contribution in [-0.2, 0) is 9.47 Å². The number of Topliss-reactive ketones (excluding diaryl/α,β-unsaturated/α-hetero) is 1. The fourth-order valence-electron chi connectivity index (χ4n) is 2.26. The number of ether oxygens (including phenoxy) is 2. The van der Waals surface area contributed by atoms with Crippen molar-refractivity contribution in [3.63, 3.8) is 0 Å². The number of hydrogen-bond donors (Lipinski definition) is 0. The summed E-state index contributed by atoms with van der Waals surface area (Å²) in [6, 6.07) is 3.65. The Labute approximate surface area is 116 Å². The number of carbonyl (C=O) groups is 2. The van der Waals surface area contributed by atoms with Crippen LogP contribution in [0.5, 0.6) is 0 Å². The molecule has 0 saturated carbocycles. The predicted molar refractivity (Wildman–Crippen MR) is 70.2 cm³/mol. The summed E-state index contributed by atoms with van der Waals surface area (Å²) in [5.41, 5.74) is 0.294. The number of rotatable bonds is 4. The zero-order chi connectivity index (χ0) is 14.5. The average Bonchev–Trinajstić information content (AvgIpc) is 2.47. The molecule has 0 amide bonds. The van der Waals surface area contributed by atoms with E-state index < -0.39 is 11.8 Å². The van der Waals surface area contributed by atoms with E-state index in [4.69, 9.17) is 9.47 Å². The van der Waals surface area contributed by atoms with Gasteiger partial charge in [0.2, 0.25) is 0 Å². The summed E-state index contributed by atoms with van der Waals surface area (Å²) in [7, 11) is 0. The van der Waals surface area contributed by atoms with Crippen molar-refractivity contribution in [1.29, 1.82) is 0 Å². The van der Waals surface area contributed by atoms with Crippen molar-refractivity contribution in [1.82, 2.24) is 0 Å². The molecule has 1 saturated heterocycles. The van der Waals surface area contributed by atoms with Crippen LogP contribution in [0.3, 0.4) is 0 Å². The van der Waals surface area contributed by atoms with Gasteiger partial charge in [-0.05, 0) is 38.0 Å². The molecule has 1 fully saturated rings. The monoisotopic (exact) mass is 280 g/mol. The summed E-state index contributed by atoms with van der Waals surface area (Å²) >= 11 is 0. The molecule has 1 aromatic carbocycles. The van der Waals surface area contributed by atoms with Gasteiger partial charge in [0.1, 0.15) is 5.82 Å². The van der Waals surface area contributed by atoms with Gasteiger partial charge < -0.3 is 9.47 Å². The summed E-state index contributed by atoms with van der Waals surface area (Å²) in [6.45, 7) is 2.96. The van der Waals surface area contributed by atoms with E-state index in [2.05, 4.69) is 0 Å². The van der Waals surface area contributed by atoms with E-state index in [1.165, 1.54) is 12.1 Å². The predicted octanol–water partition coefficient (Wildman–Crippen LogP) is 2.61. The fraction of sp³-hybridized carbons (Fsp3) is 0.467. The maximum Gasteiger partial charge on any atom is 0.338 e. The maximum absolute atomic E-state index is 13.6. The van der Waals surface area contributed by atoms with Gasteiger partial charge in [0.05, 0.1) is 12.2 Å². The van der Waals surface area contributed by atoms with Gasteiger partial charge in [-0.3, -0.25) is 4.79 Å². The summed E-state index contributed by atoms with van der Waals surface area (Å²) in [5.74, 6) is -1.53. The van der Waals surface area contributed by atoms with Gasteiger partial charge in [-0.1, -0.05) is 0 Å². The first kappa shape index (κ1) is 14.7. The lowest BCUT2D eigenvalue weighted by molar-refractivity contribution is 0.0525. The Balaban J connectivity index is 2.22. The second kappa shape index (κ2) is 6.61. The van der Waals surface area contributed by atoms with E-state index in [1.807, 2.05) is 0 Å². The SMILES string of the molecule is CCOC(=O)c1cc(F)cc(C(=O)C2CCOCC2)c1. The molecule has 108 valence electrons. The topological polar surface area (TPSA) is 52.6 Å². The van der Waals surface area contributed by atoms with E-state index in [0.29, 0.717) is 26.1 Å². The van der Waals surface area contributed by atoms with Crippen LogP contribution in [0.25, 0.3) is 0 Å². The van der Waals surface area contributed by atoms with Gasteiger partial charge in [-0.2, -0.15) is 0 Å². The lowest BCUT2D eigenvalue weighted by Gasteiger charge is -2.21. The molecule has 1 aliphatic heterocycles. The van der Waals surface area contributed by atoms with Crippen molar-refractivity contribution < 1.29 is 23.5 Å². The van der Waals surface area contributed by atoms with Gasteiger partial charge in [-0.25, -0.2) is 9.18 Å². The van der Waals surface area contributed by atoms with E-state index in [-0.39, 0.29) is 29.4 Å². The summed E-state index contributed by atoms with van der Waals surface area (Å²) in [6.07, 6.45) is 1.26. The molecule has 1 aliphatic rings. The Morgan fingerprint density at radius 1 is 1.25 bits per heavy atom. The molecule has 0 unspecified atom stereocenters. The van der Waals surface area contributed by atoms with E-state index in [0.717, 1.165) is 6.07 Å². The fourth-order valence-corrected chi connectivity index (χ4v) is 2.26. The molecule has 0 spiro atoms. The highest BCUT2D eigenvalue weighted by Gasteiger charge is 2.24. The average molecular weight is 280 g/mol. The van der Waals surface area contributed by atoms with Gasteiger partial charge in [0, 0.05) is 24.7 Å². The van der Waals surface area contributed by atoms with Gasteiger partial charge >= 0.3 is 5.97 Å². The van der Waals surface area contributed by atoms with Crippen LogP contribution in [0, 0.1) is 11.7 Å². The first-order valence-corrected chi connectivity index (χ1v) is 6.71. The standard InChI is InChI=1S/C15H17FO4/c1-2-20-15(18)12-7-11(8-13(16)9-12)14(17)10-3-5-19-6-4-10/h7-10H,2-6H2,1H3. The van der Waals surface area contributed by atoms with Crippen molar-refractivity contribution in [2.24, 2.45) is 5.92 Å². The third-order valence-electron chi connectivity index (χ3n) is 3.29. The van der Waals surface area contributed by atoms with Crippen LogP contribution >= 0.6 is 0 Å². The van der Waals surface area contributed by atoms with Gasteiger partial charge in [0.15, 0.2) is 5.78 Å². The molecule has 4 nitrogen and oxygen atoms in total. The van der Waals surface area contributed by atoms with Crippen LogP contribution in [0.2, 0.25) is 0 Å². The van der Waals surface area contributed by atoms with Crippen LogP contribution in [0.1, 0.15) is 40.5 Å². The first-order chi connectivity index (χ1) is 9.61. The highest BCUT2D eigenvalue weighted by molar-refractivity contribution is 6.00. The van der Waals surface area contributed by atoms with Crippen molar-refractivity contribution in [3.8, 4) is 0 Å². The molecule has 0 aliphatic carbocycles. The molecule has 1 heterocycles. The third-order valence-corrected chi connectivity index (χ3v) is 3.29. The van der Waals surface area contributed by atoms with Crippen molar-refractivity contribution in [2.45, 2.75) is 19.8 Å². The summed E-state index contributed by atoms with van der Waals surface area (Å²) < 4.78 is 23.6. The maximum atomic E-state index is 13.6. The quantitative estimate of drug-likeness (QED) is 0.628. The minimum absolute atomic E-state index is 0.0715. The molecule has 2 rings (SSSR count). The molecule has 20 heavy (non-hydrogen) atoms. The molecular formula is C15H17FO4. The number of hydrogen-bond acceptors (Lipinski definition) is 4. The Morgan fingerprint density at radius 3 is 2.55 bits per heavy atom. The highest BCUT2D eigenvalue weighted by atomic mass is 19.1. The molecule has 0 aromatic heterocycles. The van der Waals surface area contributed by atoms with Crippen LogP contribution in [0.4, 0.5) is 4.39 Å². The molecule has 0 atom stereocenters. The normalized spacial score (nSPS) is 15.9. The largest absolute Gasteiger partial charge is 0.462 e. The minimum Gasteiger partial charge on any atom is -0.462 e. The number of ketones is 1. The van der Waals surface area contributed by atoms with Gasteiger partial charge in [-0.15, -0.1) is 0 Å². The Kier molecular flexibility index (Phi) is 4.84. The molecule has 0 radical (unpaired) electrons. The van der Waals surface area contributed by atoms with Crippen LogP contribution in [0.15, 0.2) is 18.2 Å². The number of benzene rings is 1. The summed E-state index contributed by atoms with van der Waals surface area (Å²) in [5, 5.41) is 0. The minimum atomic E-state index is -0.618. The molecule has 1 aromatic rings. The van der Waals surface area contributed by atoms with Crippen LogP contribution in [-0.4, -0.2) is 31.6 Å². The van der Waals surface area contributed by atoms with E-state index in [9.17, 15) is 14.0 Å². The highest BCUT2D eigenvalue weighted by Crippen LogP contribution is 2.21. The second-order valence-corrected chi connectivity index (χ2v) is 4.70. The zero-order valence-electron chi connectivity index (χ0n) is 11.4. The lowest BCUT2D eigenvalue weighted by atomic mass is 9.90. The molecule has 5 heteroatoms. The molecule has 0 N–H and O–H groups in total. The van der Waals surface area contributed by atoms with Crippen LogP contribution < -0.4 is 0 Å². The summed E-state index contributed by atoms with van der Waals surface area (Å²) in [4.78, 5) is 23.9. The number of esters is 1. The van der Waals surface area contributed by atoms with Crippen molar-refractivity contribution >= 4 is 11.8 Å². The second-order valence-electron chi connectivity index (χ2n) is 4.70. The number of halogens is 1.